The number of amides is 1. The first-order valence-corrected chi connectivity index (χ1v) is 8.39. The third kappa shape index (κ3) is 3.08. The number of nitrogens with two attached hydrogens (primary N) is 1. The molecule has 26 heavy (non-hydrogen) atoms. The van der Waals surface area contributed by atoms with Crippen LogP contribution in [0.4, 0.5) is 0 Å². The Morgan fingerprint density at radius 2 is 2.15 bits per heavy atom. The van der Waals surface area contributed by atoms with Crippen molar-refractivity contribution in [1.82, 2.24) is 14.9 Å². The van der Waals surface area contributed by atoms with E-state index >= 15 is 0 Å². The van der Waals surface area contributed by atoms with Crippen molar-refractivity contribution in [1.29, 1.82) is 0 Å². The second-order valence-corrected chi connectivity index (χ2v) is 6.90. The van der Waals surface area contributed by atoms with Gasteiger partial charge in [-0.15, -0.1) is 12.4 Å². The highest BCUT2D eigenvalue weighted by molar-refractivity contribution is 6.01. The molecule has 8 heteroatoms. The summed E-state index contributed by atoms with van der Waals surface area (Å²) in [5.41, 5.74) is 6.33. The Labute approximate surface area is 156 Å². The lowest BCUT2D eigenvalue weighted by Crippen LogP contribution is -2.54. The molecule has 0 saturated heterocycles. The van der Waals surface area contributed by atoms with E-state index in [-0.39, 0.29) is 36.0 Å². The van der Waals surface area contributed by atoms with Crippen molar-refractivity contribution in [3.8, 4) is 0 Å². The van der Waals surface area contributed by atoms with Gasteiger partial charge >= 0.3 is 0 Å². The van der Waals surface area contributed by atoms with Gasteiger partial charge in [0.2, 0.25) is 11.5 Å². The average Bonchev–Trinajstić information content (AvgIpc) is 3.39. The second-order valence-electron chi connectivity index (χ2n) is 6.90. The standard InChI is InChI=1S/C18H20N4O3.ClH/c1-18(9-19,11-6-7-11)21-14(23)8-22-10-20-15-12-4-2-3-5-13(12)25-16(15)17(22)24;/h2-5,10-11H,6-9,19H2,1H3,(H,21,23);1H. The van der Waals surface area contributed by atoms with E-state index in [2.05, 4.69) is 10.3 Å². The normalized spacial score (nSPS) is 16.2. The number of furan rings is 1. The largest absolute Gasteiger partial charge is 0.448 e. The monoisotopic (exact) mass is 376 g/mol. The summed E-state index contributed by atoms with van der Waals surface area (Å²) >= 11 is 0. The second kappa shape index (κ2) is 6.74. The van der Waals surface area contributed by atoms with E-state index < -0.39 is 5.54 Å². The first-order valence-electron chi connectivity index (χ1n) is 8.39. The molecule has 2 aromatic heterocycles. The number of halogens is 1. The van der Waals surface area contributed by atoms with Gasteiger partial charge in [-0.05, 0) is 37.8 Å². The minimum Gasteiger partial charge on any atom is -0.448 e. The van der Waals surface area contributed by atoms with E-state index in [0.717, 1.165) is 18.2 Å². The molecule has 1 saturated carbocycles. The molecule has 1 unspecified atom stereocenters. The number of hydrogen-bond donors (Lipinski definition) is 2. The molecule has 3 N–H and O–H groups in total. The molecule has 0 radical (unpaired) electrons. The summed E-state index contributed by atoms with van der Waals surface area (Å²) in [6, 6.07) is 7.34. The van der Waals surface area contributed by atoms with E-state index in [9.17, 15) is 9.59 Å². The Morgan fingerprint density at radius 3 is 2.85 bits per heavy atom. The van der Waals surface area contributed by atoms with Gasteiger partial charge < -0.3 is 15.5 Å². The summed E-state index contributed by atoms with van der Waals surface area (Å²) in [5, 5.41) is 3.76. The Kier molecular flexibility index (Phi) is 4.77. The van der Waals surface area contributed by atoms with E-state index in [1.807, 2.05) is 25.1 Å². The number of fused-ring (bicyclic) bond motifs is 3. The van der Waals surface area contributed by atoms with Crippen molar-refractivity contribution in [3.63, 3.8) is 0 Å². The number of carbonyl (C=O) groups excluding carboxylic acids is 1. The summed E-state index contributed by atoms with van der Waals surface area (Å²) in [5.74, 6) is 0.161. The SMILES string of the molecule is CC(CN)(NC(=O)Cn1cnc2c(oc3ccccc32)c1=O)C1CC1.Cl. The molecule has 4 rings (SSSR count). The average molecular weight is 377 g/mol. The van der Waals surface area contributed by atoms with Gasteiger partial charge in [-0.25, -0.2) is 4.98 Å². The number of nitrogens with zero attached hydrogens (tertiary/aromatic N) is 2. The minimum absolute atomic E-state index is 0. The van der Waals surface area contributed by atoms with Gasteiger partial charge in [0.25, 0.3) is 5.56 Å². The fraction of sp³-hybridized carbons (Fsp3) is 0.389. The van der Waals surface area contributed by atoms with Crippen LogP contribution in [-0.4, -0.2) is 27.5 Å². The zero-order valence-corrected chi connectivity index (χ0v) is 15.2. The van der Waals surface area contributed by atoms with Gasteiger partial charge in [0.05, 0.1) is 11.9 Å². The van der Waals surface area contributed by atoms with Crippen LogP contribution in [0.5, 0.6) is 0 Å². The molecule has 3 aromatic rings. The molecule has 1 amide bonds. The van der Waals surface area contributed by atoms with Crippen LogP contribution in [0.2, 0.25) is 0 Å². The summed E-state index contributed by atoms with van der Waals surface area (Å²) < 4.78 is 6.90. The molecule has 1 fully saturated rings. The number of rotatable bonds is 5. The number of aromatic nitrogens is 2. The number of hydrogen-bond acceptors (Lipinski definition) is 5. The highest BCUT2D eigenvalue weighted by Crippen LogP contribution is 2.38. The zero-order chi connectivity index (χ0) is 17.6. The quantitative estimate of drug-likeness (QED) is 0.706. The molecule has 0 bridgehead atoms. The number of para-hydroxylation sites is 1. The van der Waals surface area contributed by atoms with Gasteiger partial charge in [-0.1, -0.05) is 12.1 Å². The number of carbonyl (C=O) groups is 1. The lowest BCUT2D eigenvalue weighted by atomic mass is 9.96. The summed E-state index contributed by atoms with van der Waals surface area (Å²) in [4.78, 5) is 29.3. The lowest BCUT2D eigenvalue weighted by Gasteiger charge is -2.29. The maximum atomic E-state index is 12.6. The van der Waals surface area contributed by atoms with Crippen molar-refractivity contribution >= 4 is 40.4 Å². The molecule has 2 heterocycles. The summed E-state index contributed by atoms with van der Waals surface area (Å²) in [6.45, 7) is 2.21. The minimum atomic E-state index is -0.419. The van der Waals surface area contributed by atoms with Crippen molar-refractivity contribution in [2.45, 2.75) is 31.8 Å². The van der Waals surface area contributed by atoms with Crippen LogP contribution < -0.4 is 16.6 Å². The maximum Gasteiger partial charge on any atom is 0.297 e. The predicted molar refractivity (Wildman–Crippen MR) is 101 cm³/mol. The maximum absolute atomic E-state index is 12.6. The van der Waals surface area contributed by atoms with E-state index in [4.69, 9.17) is 10.2 Å². The Bertz CT molecular complexity index is 1020. The van der Waals surface area contributed by atoms with Crippen LogP contribution in [0.15, 0.2) is 39.8 Å². The predicted octanol–water partition coefficient (Wildman–Crippen LogP) is 1.81. The van der Waals surface area contributed by atoms with Crippen LogP contribution in [0.1, 0.15) is 19.8 Å². The van der Waals surface area contributed by atoms with Gasteiger partial charge in [0.1, 0.15) is 17.6 Å². The Morgan fingerprint density at radius 1 is 1.42 bits per heavy atom. The van der Waals surface area contributed by atoms with Crippen LogP contribution >= 0.6 is 12.4 Å². The van der Waals surface area contributed by atoms with Gasteiger partial charge in [-0.2, -0.15) is 0 Å². The molecule has 1 aliphatic rings. The number of nitrogens with one attached hydrogen (secondary N) is 1. The molecule has 0 spiro atoms. The molecule has 0 aliphatic heterocycles. The Balaban J connectivity index is 0.00000196. The molecular formula is C18H21ClN4O3. The van der Waals surface area contributed by atoms with Crippen molar-refractivity contribution < 1.29 is 9.21 Å². The van der Waals surface area contributed by atoms with Crippen LogP contribution in [0.25, 0.3) is 22.1 Å². The smallest absolute Gasteiger partial charge is 0.297 e. The van der Waals surface area contributed by atoms with Crippen LogP contribution in [-0.2, 0) is 11.3 Å². The van der Waals surface area contributed by atoms with Gasteiger partial charge in [0.15, 0.2) is 0 Å². The highest BCUT2D eigenvalue weighted by atomic mass is 35.5. The lowest BCUT2D eigenvalue weighted by molar-refractivity contribution is -0.123. The van der Waals surface area contributed by atoms with E-state index in [1.165, 1.54) is 10.9 Å². The zero-order valence-electron chi connectivity index (χ0n) is 14.4. The summed E-state index contributed by atoms with van der Waals surface area (Å²) in [6.07, 6.45) is 3.53. The molecular weight excluding hydrogens is 356 g/mol. The van der Waals surface area contributed by atoms with E-state index in [0.29, 0.717) is 23.6 Å². The van der Waals surface area contributed by atoms with Crippen molar-refractivity contribution in [3.05, 3.63) is 40.9 Å². The van der Waals surface area contributed by atoms with Crippen molar-refractivity contribution in [2.75, 3.05) is 6.54 Å². The molecule has 1 aromatic carbocycles. The number of benzene rings is 1. The topological polar surface area (TPSA) is 103 Å². The fourth-order valence-electron chi connectivity index (χ4n) is 3.28. The first kappa shape index (κ1) is 18.4. The third-order valence-corrected chi connectivity index (χ3v) is 4.99. The molecule has 1 aliphatic carbocycles. The highest BCUT2D eigenvalue weighted by Gasteiger charge is 2.41. The first-order chi connectivity index (χ1) is 12.0. The molecule has 138 valence electrons. The molecule has 1 atom stereocenters. The van der Waals surface area contributed by atoms with Gasteiger partial charge in [0, 0.05) is 11.9 Å². The van der Waals surface area contributed by atoms with Crippen molar-refractivity contribution in [2.24, 2.45) is 11.7 Å². The summed E-state index contributed by atoms with van der Waals surface area (Å²) in [7, 11) is 0. The Hall–Kier alpha value is -2.38. The van der Waals surface area contributed by atoms with Crippen LogP contribution in [0, 0.1) is 5.92 Å². The van der Waals surface area contributed by atoms with Crippen LogP contribution in [0.3, 0.4) is 0 Å². The fourth-order valence-corrected chi connectivity index (χ4v) is 3.28. The van der Waals surface area contributed by atoms with E-state index in [1.54, 1.807) is 6.07 Å². The molecule has 7 nitrogen and oxygen atoms in total. The third-order valence-electron chi connectivity index (χ3n) is 4.99. The van der Waals surface area contributed by atoms with Gasteiger partial charge in [-0.3, -0.25) is 14.2 Å².